The summed E-state index contributed by atoms with van der Waals surface area (Å²) in [6.07, 6.45) is 6.79. The van der Waals surface area contributed by atoms with Gasteiger partial charge in [-0.3, -0.25) is 9.20 Å². The highest BCUT2D eigenvalue weighted by Crippen LogP contribution is 2.24. The maximum atomic E-state index is 13.2. The van der Waals surface area contributed by atoms with Gasteiger partial charge in [-0.15, -0.1) is 10.2 Å². The summed E-state index contributed by atoms with van der Waals surface area (Å²) >= 11 is 0. The van der Waals surface area contributed by atoms with E-state index in [1.54, 1.807) is 41.3 Å². The summed E-state index contributed by atoms with van der Waals surface area (Å²) in [5, 5.41) is 20.0. The first-order valence-corrected chi connectivity index (χ1v) is 9.21. The molecule has 1 saturated heterocycles. The van der Waals surface area contributed by atoms with Crippen molar-refractivity contribution in [2.45, 2.75) is 25.8 Å². The third-order valence-corrected chi connectivity index (χ3v) is 5.05. The maximum Gasteiger partial charge on any atom is 0.255 e. The summed E-state index contributed by atoms with van der Waals surface area (Å²) < 4.78 is 1.75. The number of fused-ring (bicyclic) bond motifs is 1. The molecule has 142 valence electrons. The number of carbonyl (C=O) groups is 1. The van der Waals surface area contributed by atoms with Gasteiger partial charge < -0.3 is 10.2 Å². The summed E-state index contributed by atoms with van der Waals surface area (Å²) in [6, 6.07) is 7.28. The molecule has 9 nitrogen and oxygen atoms in total. The number of aromatic nitrogens is 5. The first-order chi connectivity index (χ1) is 13.6. The van der Waals surface area contributed by atoms with Gasteiger partial charge in [0.2, 0.25) is 5.82 Å². The van der Waals surface area contributed by atoms with Crippen molar-refractivity contribution in [3.63, 3.8) is 0 Å². The van der Waals surface area contributed by atoms with E-state index in [-0.39, 0.29) is 17.8 Å². The van der Waals surface area contributed by atoms with Crippen molar-refractivity contribution in [3.8, 4) is 6.07 Å². The van der Waals surface area contributed by atoms with Gasteiger partial charge in [0, 0.05) is 31.5 Å². The van der Waals surface area contributed by atoms with Crippen molar-refractivity contribution in [2.24, 2.45) is 5.92 Å². The zero-order chi connectivity index (χ0) is 19.5. The number of rotatable bonds is 4. The Hall–Kier alpha value is -3.54. The van der Waals surface area contributed by atoms with Crippen LogP contribution in [0.5, 0.6) is 0 Å². The second-order valence-corrected chi connectivity index (χ2v) is 7.05. The third kappa shape index (κ3) is 3.62. The number of hydrogen-bond donors (Lipinski definition) is 1. The van der Waals surface area contributed by atoms with Crippen LogP contribution in [0.25, 0.3) is 5.65 Å². The van der Waals surface area contributed by atoms with Gasteiger partial charge in [-0.1, -0.05) is 6.92 Å². The Balaban J connectivity index is 1.51. The minimum absolute atomic E-state index is 0.00491. The summed E-state index contributed by atoms with van der Waals surface area (Å²) in [5.41, 5.74) is 1.32. The molecule has 3 aromatic rings. The molecule has 4 heterocycles. The molecule has 1 aliphatic rings. The first-order valence-electron chi connectivity index (χ1n) is 9.21. The monoisotopic (exact) mass is 376 g/mol. The van der Waals surface area contributed by atoms with Crippen LogP contribution in [0.15, 0.2) is 36.9 Å². The molecule has 0 aliphatic carbocycles. The van der Waals surface area contributed by atoms with E-state index in [4.69, 9.17) is 5.26 Å². The molecule has 1 aliphatic heterocycles. The molecule has 0 bridgehead atoms. The number of likely N-dealkylation sites (tertiary alicyclic amines) is 1. The van der Waals surface area contributed by atoms with E-state index >= 15 is 0 Å². The third-order valence-electron chi connectivity index (χ3n) is 5.05. The topological polar surface area (TPSA) is 112 Å². The van der Waals surface area contributed by atoms with E-state index in [0.717, 1.165) is 12.8 Å². The van der Waals surface area contributed by atoms with E-state index in [1.165, 1.54) is 0 Å². The number of anilines is 1. The summed E-state index contributed by atoms with van der Waals surface area (Å²) in [6.45, 7) is 3.48. The molecule has 1 fully saturated rings. The Morgan fingerprint density at radius 2 is 2.29 bits per heavy atom. The Bertz CT molecular complexity index is 1040. The number of nitrogens with one attached hydrogen (secondary N) is 1. The molecule has 0 aromatic carbocycles. The number of pyridine rings is 1. The van der Waals surface area contributed by atoms with Crippen molar-refractivity contribution in [3.05, 3.63) is 48.3 Å². The van der Waals surface area contributed by atoms with Crippen molar-refractivity contribution >= 4 is 17.4 Å². The van der Waals surface area contributed by atoms with Gasteiger partial charge in [0.25, 0.3) is 5.91 Å². The molecular formula is C19H20N8O. The molecule has 0 radical (unpaired) electrons. The maximum absolute atomic E-state index is 13.2. The van der Waals surface area contributed by atoms with Crippen LogP contribution in [0.4, 0.5) is 5.82 Å². The van der Waals surface area contributed by atoms with E-state index < -0.39 is 0 Å². The molecule has 3 aromatic heterocycles. The number of amides is 1. The van der Waals surface area contributed by atoms with Crippen LogP contribution < -0.4 is 5.32 Å². The first kappa shape index (κ1) is 17.9. The lowest BCUT2D eigenvalue weighted by molar-refractivity contribution is 0.0579. The second-order valence-electron chi connectivity index (χ2n) is 7.05. The van der Waals surface area contributed by atoms with E-state index in [0.29, 0.717) is 36.0 Å². The highest BCUT2D eigenvalue weighted by molar-refractivity contribution is 5.94. The Labute approximate surface area is 162 Å². The standard InChI is InChI=1S/C19H20N8O/c1-13-5-7-27(19(28)14-2-3-18-25-23-12-26(18)11-14)15(8-13)10-22-16-4-6-21-17(9-20)24-16/h2-4,6,11-13,15H,5,7-8,10H2,1H3,(H,21,22,24)/t13-,15+/m1/s1. The van der Waals surface area contributed by atoms with Crippen LogP contribution in [0.2, 0.25) is 0 Å². The van der Waals surface area contributed by atoms with Crippen molar-refractivity contribution < 1.29 is 4.79 Å². The molecule has 0 unspecified atom stereocenters. The lowest BCUT2D eigenvalue weighted by Crippen LogP contribution is -2.49. The van der Waals surface area contributed by atoms with Crippen molar-refractivity contribution in [1.82, 2.24) is 29.5 Å². The zero-order valence-electron chi connectivity index (χ0n) is 15.5. The van der Waals surface area contributed by atoms with Crippen LogP contribution >= 0.6 is 0 Å². The van der Waals surface area contributed by atoms with Crippen LogP contribution in [0, 0.1) is 17.2 Å². The highest BCUT2D eigenvalue weighted by Gasteiger charge is 2.30. The second kappa shape index (κ2) is 7.60. The van der Waals surface area contributed by atoms with E-state index in [1.807, 2.05) is 11.0 Å². The fourth-order valence-electron chi connectivity index (χ4n) is 3.57. The van der Waals surface area contributed by atoms with Gasteiger partial charge in [0.15, 0.2) is 5.65 Å². The minimum Gasteiger partial charge on any atom is -0.368 e. The molecule has 0 saturated carbocycles. The minimum atomic E-state index is -0.00491. The Morgan fingerprint density at radius 3 is 3.14 bits per heavy atom. The molecule has 1 amide bonds. The SMILES string of the molecule is C[C@@H]1CCN(C(=O)c2ccc3nncn3c2)[C@H](CNc2ccnc(C#N)n2)C1. The van der Waals surface area contributed by atoms with Gasteiger partial charge in [0.1, 0.15) is 18.2 Å². The number of piperidine rings is 1. The summed E-state index contributed by atoms with van der Waals surface area (Å²) in [7, 11) is 0. The molecule has 2 atom stereocenters. The number of nitrogens with zero attached hydrogens (tertiary/aromatic N) is 7. The Kier molecular flexibility index (Phi) is 4.85. The van der Waals surface area contributed by atoms with Crippen molar-refractivity contribution in [1.29, 1.82) is 5.26 Å². The highest BCUT2D eigenvalue weighted by atomic mass is 16.2. The quantitative estimate of drug-likeness (QED) is 0.738. The average molecular weight is 376 g/mol. The van der Waals surface area contributed by atoms with E-state index in [9.17, 15) is 4.79 Å². The van der Waals surface area contributed by atoms with Gasteiger partial charge in [-0.2, -0.15) is 5.26 Å². The average Bonchev–Trinajstić information content (AvgIpc) is 3.20. The number of nitriles is 1. The summed E-state index contributed by atoms with van der Waals surface area (Å²) in [4.78, 5) is 23.1. The van der Waals surface area contributed by atoms with Gasteiger partial charge in [-0.25, -0.2) is 9.97 Å². The van der Waals surface area contributed by atoms with Gasteiger partial charge in [-0.05, 0) is 37.0 Å². The normalized spacial score (nSPS) is 19.4. The fourth-order valence-corrected chi connectivity index (χ4v) is 3.57. The van der Waals surface area contributed by atoms with Crippen LogP contribution in [-0.2, 0) is 0 Å². The molecule has 4 rings (SSSR count). The lowest BCUT2D eigenvalue weighted by atomic mass is 9.91. The Morgan fingerprint density at radius 1 is 1.39 bits per heavy atom. The molecule has 1 N–H and O–H groups in total. The molecular weight excluding hydrogens is 356 g/mol. The smallest absolute Gasteiger partial charge is 0.255 e. The lowest BCUT2D eigenvalue weighted by Gasteiger charge is -2.38. The van der Waals surface area contributed by atoms with Crippen LogP contribution in [-0.4, -0.2) is 54.5 Å². The van der Waals surface area contributed by atoms with E-state index in [2.05, 4.69) is 32.4 Å². The fraction of sp³-hybridized carbons (Fsp3) is 0.368. The predicted octanol–water partition coefficient (Wildman–Crippen LogP) is 1.74. The van der Waals surface area contributed by atoms with Crippen LogP contribution in [0.1, 0.15) is 35.9 Å². The largest absolute Gasteiger partial charge is 0.368 e. The predicted molar refractivity (Wildman–Crippen MR) is 101 cm³/mol. The molecule has 0 spiro atoms. The zero-order valence-corrected chi connectivity index (χ0v) is 15.5. The number of carbonyl (C=O) groups excluding carboxylic acids is 1. The van der Waals surface area contributed by atoms with Gasteiger partial charge >= 0.3 is 0 Å². The summed E-state index contributed by atoms with van der Waals surface area (Å²) in [5.74, 6) is 1.24. The van der Waals surface area contributed by atoms with Gasteiger partial charge in [0.05, 0.1) is 5.56 Å². The van der Waals surface area contributed by atoms with Crippen LogP contribution in [0.3, 0.4) is 0 Å². The molecule has 28 heavy (non-hydrogen) atoms. The molecule has 9 heteroatoms. The van der Waals surface area contributed by atoms with Crippen molar-refractivity contribution in [2.75, 3.05) is 18.4 Å². The number of hydrogen-bond acceptors (Lipinski definition) is 7.